The first-order valence-electron chi connectivity index (χ1n) is 9.81. The Bertz CT molecular complexity index is 637. The van der Waals surface area contributed by atoms with Crippen LogP contribution in [-0.4, -0.2) is 50.8 Å². The van der Waals surface area contributed by atoms with Crippen molar-refractivity contribution in [1.29, 1.82) is 0 Å². The normalized spacial score (nSPS) is 26.7. The molecule has 1 N–H and O–H groups in total. The Morgan fingerprint density at radius 2 is 1.96 bits per heavy atom. The Labute approximate surface area is 159 Å². The van der Waals surface area contributed by atoms with Gasteiger partial charge in [0.15, 0.2) is 11.5 Å². The third kappa shape index (κ3) is 5.05. The van der Waals surface area contributed by atoms with Gasteiger partial charge in [-0.2, -0.15) is 0 Å². The highest BCUT2D eigenvalue weighted by atomic mass is 16.7. The van der Waals surface area contributed by atoms with Crippen LogP contribution in [0.3, 0.4) is 0 Å². The summed E-state index contributed by atoms with van der Waals surface area (Å²) in [7, 11) is 0. The molecule has 4 rings (SSSR count). The summed E-state index contributed by atoms with van der Waals surface area (Å²) in [6.07, 6.45) is 6.06. The maximum absolute atomic E-state index is 12.0. The zero-order valence-electron chi connectivity index (χ0n) is 15.5. The second kappa shape index (κ2) is 8.80. The van der Waals surface area contributed by atoms with E-state index in [2.05, 4.69) is 5.32 Å². The van der Waals surface area contributed by atoms with Crippen LogP contribution in [0, 0.1) is 0 Å². The van der Waals surface area contributed by atoms with E-state index in [0.717, 1.165) is 62.4 Å². The lowest BCUT2D eigenvalue weighted by atomic mass is 9.93. The molecule has 0 spiro atoms. The molecule has 3 aliphatic rings. The maximum Gasteiger partial charge on any atom is 0.246 e. The van der Waals surface area contributed by atoms with Crippen LogP contribution < -0.4 is 19.5 Å². The van der Waals surface area contributed by atoms with Gasteiger partial charge in [0.2, 0.25) is 12.7 Å². The van der Waals surface area contributed by atoms with E-state index in [1.807, 2.05) is 18.2 Å². The Balaban J connectivity index is 1.14. The SMILES string of the molecule is O=C(COCC1CCCO1)NC1CCC(Oc2ccc3c(c2)OCO3)CC1. The first-order chi connectivity index (χ1) is 13.3. The number of carbonyl (C=O) groups is 1. The van der Waals surface area contributed by atoms with Gasteiger partial charge in [0.05, 0.1) is 18.8 Å². The van der Waals surface area contributed by atoms with Crippen molar-refractivity contribution in [1.82, 2.24) is 5.32 Å². The topological polar surface area (TPSA) is 75.3 Å². The van der Waals surface area contributed by atoms with Crippen LogP contribution in [0.4, 0.5) is 0 Å². The molecule has 1 atom stereocenters. The number of nitrogens with one attached hydrogen (secondary N) is 1. The number of benzene rings is 1. The summed E-state index contributed by atoms with van der Waals surface area (Å²) in [4.78, 5) is 12.0. The zero-order chi connectivity index (χ0) is 18.5. The molecule has 1 aromatic rings. The third-order valence-corrected chi connectivity index (χ3v) is 5.25. The molecule has 0 bridgehead atoms. The van der Waals surface area contributed by atoms with Crippen molar-refractivity contribution in [2.75, 3.05) is 26.6 Å². The van der Waals surface area contributed by atoms with E-state index in [4.69, 9.17) is 23.7 Å². The van der Waals surface area contributed by atoms with E-state index in [9.17, 15) is 4.79 Å². The summed E-state index contributed by atoms with van der Waals surface area (Å²) < 4.78 is 27.7. The van der Waals surface area contributed by atoms with E-state index in [-0.39, 0.29) is 37.6 Å². The summed E-state index contributed by atoms with van der Waals surface area (Å²) in [6.45, 7) is 1.68. The van der Waals surface area contributed by atoms with Crippen molar-refractivity contribution in [3.63, 3.8) is 0 Å². The molecule has 27 heavy (non-hydrogen) atoms. The average Bonchev–Trinajstić information content (AvgIpc) is 3.34. The minimum Gasteiger partial charge on any atom is -0.490 e. The lowest BCUT2D eigenvalue weighted by Gasteiger charge is -2.29. The van der Waals surface area contributed by atoms with Crippen molar-refractivity contribution in [3.05, 3.63) is 18.2 Å². The number of amides is 1. The van der Waals surface area contributed by atoms with Crippen LogP contribution in [0.5, 0.6) is 17.2 Å². The fourth-order valence-electron chi connectivity index (χ4n) is 3.80. The second-order valence-corrected chi connectivity index (χ2v) is 7.32. The summed E-state index contributed by atoms with van der Waals surface area (Å²) in [5, 5.41) is 3.07. The first-order valence-corrected chi connectivity index (χ1v) is 9.81. The van der Waals surface area contributed by atoms with Crippen LogP contribution in [0.1, 0.15) is 38.5 Å². The predicted octanol–water partition coefficient (Wildman–Crippen LogP) is 2.42. The van der Waals surface area contributed by atoms with Gasteiger partial charge in [-0.25, -0.2) is 0 Å². The predicted molar refractivity (Wildman–Crippen MR) is 97.2 cm³/mol. The van der Waals surface area contributed by atoms with Gasteiger partial charge in [0.25, 0.3) is 0 Å². The number of ether oxygens (including phenoxy) is 5. The zero-order valence-corrected chi connectivity index (χ0v) is 15.5. The molecule has 1 amide bonds. The van der Waals surface area contributed by atoms with Crippen LogP contribution in [-0.2, 0) is 14.3 Å². The average molecular weight is 377 g/mol. The summed E-state index contributed by atoms with van der Waals surface area (Å²) >= 11 is 0. The molecule has 1 aliphatic carbocycles. The number of rotatable bonds is 7. The smallest absolute Gasteiger partial charge is 0.246 e. The minimum atomic E-state index is -0.0480. The van der Waals surface area contributed by atoms with Gasteiger partial charge in [-0.1, -0.05) is 0 Å². The molecular weight excluding hydrogens is 350 g/mol. The molecule has 0 aromatic heterocycles. The van der Waals surface area contributed by atoms with Gasteiger partial charge in [-0.15, -0.1) is 0 Å². The quantitative estimate of drug-likeness (QED) is 0.787. The van der Waals surface area contributed by atoms with Crippen molar-refractivity contribution in [2.24, 2.45) is 0 Å². The molecule has 2 fully saturated rings. The highest BCUT2D eigenvalue weighted by molar-refractivity contribution is 5.77. The van der Waals surface area contributed by atoms with Gasteiger partial charge >= 0.3 is 0 Å². The Morgan fingerprint density at radius 3 is 2.78 bits per heavy atom. The standard InChI is InChI=1S/C20H27NO6/c22-20(12-23-11-17-2-1-9-24-17)21-14-3-5-15(6-4-14)27-16-7-8-18-19(10-16)26-13-25-18/h7-8,10,14-15,17H,1-6,9,11-13H2,(H,21,22). The molecule has 7 heteroatoms. The second-order valence-electron chi connectivity index (χ2n) is 7.32. The molecule has 1 saturated carbocycles. The van der Waals surface area contributed by atoms with Crippen LogP contribution >= 0.6 is 0 Å². The van der Waals surface area contributed by atoms with Gasteiger partial charge in [-0.05, 0) is 50.7 Å². The van der Waals surface area contributed by atoms with Crippen LogP contribution in [0.2, 0.25) is 0 Å². The van der Waals surface area contributed by atoms with E-state index in [0.29, 0.717) is 6.61 Å². The lowest BCUT2D eigenvalue weighted by molar-refractivity contribution is -0.127. The lowest BCUT2D eigenvalue weighted by Crippen LogP contribution is -2.41. The van der Waals surface area contributed by atoms with Crippen LogP contribution in [0.25, 0.3) is 0 Å². The highest BCUT2D eigenvalue weighted by Crippen LogP contribution is 2.36. The molecule has 2 aliphatic heterocycles. The molecule has 1 aromatic carbocycles. The largest absolute Gasteiger partial charge is 0.490 e. The number of hydrogen-bond donors (Lipinski definition) is 1. The van der Waals surface area contributed by atoms with E-state index >= 15 is 0 Å². The van der Waals surface area contributed by atoms with E-state index in [1.54, 1.807) is 0 Å². The van der Waals surface area contributed by atoms with Gasteiger partial charge in [0, 0.05) is 18.7 Å². The molecular formula is C20H27NO6. The number of fused-ring (bicyclic) bond motifs is 1. The Morgan fingerprint density at radius 1 is 1.11 bits per heavy atom. The highest BCUT2D eigenvalue weighted by Gasteiger charge is 2.24. The Hall–Kier alpha value is -1.99. The van der Waals surface area contributed by atoms with E-state index in [1.165, 1.54) is 0 Å². The van der Waals surface area contributed by atoms with Crippen LogP contribution in [0.15, 0.2) is 18.2 Å². The molecule has 1 unspecified atom stereocenters. The fourth-order valence-corrected chi connectivity index (χ4v) is 3.80. The van der Waals surface area contributed by atoms with Crippen molar-refractivity contribution < 1.29 is 28.5 Å². The van der Waals surface area contributed by atoms with Gasteiger partial charge in [0.1, 0.15) is 12.4 Å². The summed E-state index contributed by atoms with van der Waals surface area (Å²) in [5.74, 6) is 2.24. The molecule has 7 nitrogen and oxygen atoms in total. The molecule has 0 radical (unpaired) electrons. The minimum absolute atomic E-state index is 0.0480. The molecule has 148 valence electrons. The first kappa shape index (κ1) is 18.4. The summed E-state index contributed by atoms with van der Waals surface area (Å²) in [6, 6.07) is 5.86. The monoisotopic (exact) mass is 377 g/mol. The van der Waals surface area contributed by atoms with Crippen molar-refractivity contribution >= 4 is 5.91 Å². The van der Waals surface area contributed by atoms with Gasteiger partial charge in [-0.3, -0.25) is 4.79 Å². The molecule has 1 saturated heterocycles. The van der Waals surface area contributed by atoms with Crippen molar-refractivity contribution in [3.8, 4) is 17.2 Å². The number of carbonyl (C=O) groups excluding carboxylic acids is 1. The Kier molecular flexibility index (Phi) is 5.99. The maximum atomic E-state index is 12.0. The van der Waals surface area contributed by atoms with E-state index < -0.39 is 0 Å². The molecule has 2 heterocycles. The fraction of sp³-hybridized carbons (Fsp3) is 0.650. The summed E-state index contributed by atoms with van der Waals surface area (Å²) in [5.41, 5.74) is 0. The number of hydrogen-bond acceptors (Lipinski definition) is 6. The third-order valence-electron chi connectivity index (χ3n) is 5.25. The van der Waals surface area contributed by atoms with Crippen molar-refractivity contribution in [2.45, 2.75) is 56.8 Å². The van der Waals surface area contributed by atoms with Gasteiger partial charge < -0.3 is 29.0 Å².